The van der Waals surface area contributed by atoms with Crippen LogP contribution in [0.1, 0.15) is 0 Å². The van der Waals surface area contributed by atoms with Gasteiger partial charge in [0, 0.05) is 35.3 Å². The minimum atomic E-state index is -0.0672. The van der Waals surface area contributed by atoms with Gasteiger partial charge in [-0.15, -0.1) is 0 Å². The number of aromatic nitrogens is 4. The molecule has 0 atom stereocenters. The lowest BCUT2D eigenvalue weighted by molar-refractivity contribution is 0.476. The molecule has 4 N–H and O–H groups in total. The molecule has 0 aliphatic heterocycles. The summed E-state index contributed by atoms with van der Waals surface area (Å²) in [7, 11) is 0. The number of benzene rings is 1. The van der Waals surface area contributed by atoms with Gasteiger partial charge in [0.25, 0.3) is 0 Å². The number of H-pyrrole nitrogens is 1. The predicted octanol–water partition coefficient (Wildman–Crippen LogP) is 3.49. The zero-order valence-electron chi connectivity index (χ0n) is 13.2. The minimum Gasteiger partial charge on any atom is -0.504 e. The Labute approximate surface area is 144 Å². The molecule has 0 radical (unpaired) electrons. The topological polar surface area (TPSA) is 101 Å². The van der Waals surface area contributed by atoms with E-state index in [0.717, 1.165) is 22.6 Å². The van der Waals surface area contributed by atoms with E-state index in [2.05, 4.69) is 15.0 Å². The second-order valence-corrected chi connectivity index (χ2v) is 5.54. The van der Waals surface area contributed by atoms with Crippen molar-refractivity contribution in [2.75, 3.05) is 5.73 Å². The Morgan fingerprint density at radius 3 is 2.40 bits per heavy atom. The van der Waals surface area contributed by atoms with Gasteiger partial charge in [-0.3, -0.25) is 4.98 Å². The molecule has 3 heterocycles. The highest BCUT2D eigenvalue weighted by Crippen LogP contribution is 2.34. The van der Waals surface area contributed by atoms with Crippen molar-refractivity contribution in [2.45, 2.75) is 0 Å². The summed E-state index contributed by atoms with van der Waals surface area (Å²) in [5, 5.41) is 9.91. The monoisotopic (exact) mass is 329 g/mol. The Morgan fingerprint density at radius 2 is 1.68 bits per heavy atom. The molecule has 0 fully saturated rings. The van der Waals surface area contributed by atoms with E-state index in [4.69, 9.17) is 10.7 Å². The molecule has 6 heteroatoms. The molecule has 0 unspecified atom stereocenters. The van der Waals surface area contributed by atoms with Crippen LogP contribution in [0.25, 0.3) is 33.9 Å². The van der Waals surface area contributed by atoms with Crippen molar-refractivity contribution in [3.05, 3.63) is 67.1 Å². The number of pyridine rings is 2. The third kappa shape index (κ3) is 2.81. The fourth-order valence-corrected chi connectivity index (χ4v) is 2.64. The summed E-state index contributed by atoms with van der Waals surface area (Å²) < 4.78 is 0. The van der Waals surface area contributed by atoms with Crippen LogP contribution in [0, 0.1) is 0 Å². The van der Waals surface area contributed by atoms with E-state index in [1.165, 1.54) is 0 Å². The van der Waals surface area contributed by atoms with E-state index < -0.39 is 0 Å². The number of imidazole rings is 1. The molecule has 4 rings (SSSR count). The fraction of sp³-hybridized carbons (Fsp3) is 0. The van der Waals surface area contributed by atoms with Gasteiger partial charge in [0.1, 0.15) is 5.82 Å². The van der Waals surface area contributed by atoms with E-state index in [9.17, 15) is 5.11 Å². The summed E-state index contributed by atoms with van der Waals surface area (Å²) in [5.74, 6) is 0.759. The molecule has 0 bridgehead atoms. The third-order valence-electron chi connectivity index (χ3n) is 3.89. The van der Waals surface area contributed by atoms with Crippen LogP contribution < -0.4 is 5.73 Å². The lowest BCUT2D eigenvalue weighted by Crippen LogP contribution is -1.92. The molecule has 4 aromatic rings. The number of aromatic amines is 1. The summed E-state index contributed by atoms with van der Waals surface area (Å²) >= 11 is 0. The number of rotatable bonds is 3. The maximum atomic E-state index is 9.91. The molecule has 122 valence electrons. The predicted molar refractivity (Wildman–Crippen MR) is 96.6 cm³/mol. The number of nitrogens with two attached hydrogens (primary N) is 1. The van der Waals surface area contributed by atoms with Crippen LogP contribution >= 0.6 is 0 Å². The number of nitrogens with zero attached hydrogens (tertiary/aromatic N) is 3. The number of nitrogens with one attached hydrogen (secondary N) is 1. The summed E-state index contributed by atoms with van der Waals surface area (Å²) in [6.45, 7) is 0. The second kappa shape index (κ2) is 6.09. The Hall–Kier alpha value is -3.67. The van der Waals surface area contributed by atoms with Crippen LogP contribution in [0.3, 0.4) is 0 Å². The number of anilines is 1. The first kappa shape index (κ1) is 14.9. The largest absolute Gasteiger partial charge is 0.504 e. The van der Waals surface area contributed by atoms with E-state index in [1.54, 1.807) is 24.7 Å². The van der Waals surface area contributed by atoms with Gasteiger partial charge in [-0.2, -0.15) is 0 Å². The number of hydrogen-bond acceptors (Lipinski definition) is 5. The van der Waals surface area contributed by atoms with Crippen molar-refractivity contribution < 1.29 is 5.11 Å². The lowest BCUT2D eigenvalue weighted by atomic mass is 10.1. The summed E-state index contributed by atoms with van der Waals surface area (Å²) in [6, 6.07) is 15.2. The van der Waals surface area contributed by atoms with E-state index in [1.807, 2.05) is 42.5 Å². The molecular weight excluding hydrogens is 314 g/mol. The third-order valence-corrected chi connectivity index (χ3v) is 3.89. The van der Waals surface area contributed by atoms with Crippen molar-refractivity contribution in [1.29, 1.82) is 0 Å². The maximum absolute atomic E-state index is 9.91. The first-order valence-electron chi connectivity index (χ1n) is 7.73. The molecule has 0 spiro atoms. The van der Waals surface area contributed by atoms with Gasteiger partial charge < -0.3 is 15.8 Å². The summed E-state index contributed by atoms with van der Waals surface area (Å²) in [5.41, 5.74) is 9.72. The molecule has 0 aliphatic carbocycles. The van der Waals surface area contributed by atoms with Crippen LogP contribution in [0.15, 0.2) is 67.1 Å². The van der Waals surface area contributed by atoms with E-state index >= 15 is 0 Å². The van der Waals surface area contributed by atoms with Gasteiger partial charge in [-0.05, 0) is 18.2 Å². The van der Waals surface area contributed by atoms with Gasteiger partial charge in [0.2, 0.25) is 0 Å². The maximum Gasteiger partial charge on any atom is 0.165 e. The average molecular weight is 329 g/mol. The summed E-state index contributed by atoms with van der Waals surface area (Å²) in [6.07, 6.45) is 5.05. The van der Waals surface area contributed by atoms with E-state index in [0.29, 0.717) is 11.3 Å². The lowest BCUT2D eigenvalue weighted by Gasteiger charge is -2.04. The second-order valence-electron chi connectivity index (χ2n) is 5.54. The van der Waals surface area contributed by atoms with Crippen LogP contribution in [0.2, 0.25) is 0 Å². The quantitative estimate of drug-likeness (QED) is 0.534. The highest BCUT2D eigenvalue weighted by atomic mass is 16.3. The Bertz CT molecular complexity index is 1010. The van der Waals surface area contributed by atoms with Crippen molar-refractivity contribution in [3.63, 3.8) is 0 Å². The first-order valence-corrected chi connectivity index (χ1v) is 7.73. The Balaban J connectivity index is 1.92. The Morgan fingerprint density at radius 1 is 0.920 bits per heavy atom. The fourth-order valence-electron chi connectivity index (χ4n) is 2.64. The zero-order chi connectivity index (χ0) is 17.2. The van der Waals surface area contributed by atoms with Gasteiger partial charge in [0.05, 0.1) is 11.4 Å². The minimum absolute atomic E-state index is 0.0672. The van der Waals surface area contributed by atoms with Gasteiger partial charge in [-0.1, -0.05) is 30.3 Å². The molecule has 0 aliphatic rings. The smallest absolute Gasteiger partial charge is 0.165 e. The highest BCUT2D eigenvalue weighted by molar-refractivity contribution is 5.81. The molecule has 1 aromatic carbocycles. The molecule has 0 amide bonds. The molecule has 3 aromatic heterocycles. The summed E-state index contributed by atoms with van der Waals surface area (Å²) in [4.78, 5) is 16.2. The number of aromatic hydroxyl groups is 1. The number of nitrogen functional groups attached to an aromatic ring is 1. The molecule has 0 saturated carbocycles. The van der Waals surface area contributed by atoms with Crippen LogP contribution in [-0.2, 0) is 0 Å². The van der Waals surface area contributed by atoms with Crippen LogP contribution in [0.5, 0.6) is 5.75 Å². The van der Waals surface area contributed by atoms with Crippen molar-refractivity contribution >= 4 is 5.82 Å². The van der Waals surface area contributed by atoms with E-state index in [-0.39, 0.29) is 11.6 Å². The molecule has 0 saturated heterocycles. The Kier molecular flexibility index (Phi) is 3.63. The molecule has 25 heavy (non-hydrogen) atoms. The molecular formula is C19H15N5O. The van der Waals surface area contributed by atoms with Crippen molar-refractivity contribution in [1.82, 2.24) is 19.9 Å². The van der Waals surface area contributed by atoms with Gasteiger partial charge >= 0.3 is 0 Å². The van der Waals surface area contributed by atoms with Gasteiger partial charge in [0.15, 0.2) is 11.6 Å². The zero-order valence-corrected chi connectivity index (χ0v) is 13.2. The molecule has 6 nitrogen and oxygen atoms in total. The average Bonchev–Trinajstić information content (AvgIpc) is 3.11. The highest BCUT2D eigenvalue weighted by Gasteiger charge is 2.16. The van der Waals surface area contributed by atoms with Crippen LogP contribution in [-0.4, -0.2) is 25.0 Å². The van der Waals surface area contributed by atoms with Crippen LogP contribution in [0.4, 0.5) is 5.82 Å². The van der Waals surface area contributed by atoms with Crippen molar-refractivity contribution in [3.8, 4) is 39.7 Å². The normalized spacial score (nSPS) is 10.7. The van der Waals surface area contributed by atoms with Crippen molar-refractivity contribution in [2.24, 2.45) is 0 Å². The number of hydrogen-bond donors (Lipinski definition) is 3. The SMILES string of the molecule is Nc1ncc(-c2nc(-c3ccccc3)[nH]c2-c2ccncc2)cc1O. The standard InChI is InChI=1S/C19H15N5O/c20-18-15(25)10-14(11-22-18)17-16(12-6-8-21-9-7-12)23-19(24-17)13-4-2-1-3-5-13/h1-11,25H,(H2,20,22)(H,23,24). The first-order chi connectivity index (χ1) is 12.2. The van der Waals surface area contributed by atoms with Gasteiger partial charge in [-0.25, -0.2) is 9.97 Å².